The van der Waals surface area contributed by atoms with Gasteiger partial charge in [0.15, 0.2) is 11.8 Å². The molecule has 0 bridgehead atoms. The molecule has 0 aliphatic rings. The third-order valence-corrected chi connectivity index (χ3v) is 4.30. The van der Waals surface area contributed by atoms with E-state index >= 15 is 0 Å². The number of rotatable bonds is 6. The van der Waals surface area contributed by atoms with E-state index < -0.39 is 0 Å². The largest absolute Gasteiger partial charge is 0.497 e. The second kappa shape index (κ2) is 9.05. The molecule has 3 N–H and O–H groups in total. The Morgan fingerprint density at radius 2 is 1.85 bits per heavy atom. The highest BCUT2D eigenvalue weighted by atomic mass is 35.5. The van der Waals surface area contributed by atoms with Crippen LogP contribution in [-0.4, -0.2) is 35.3 Å². The number of nitrogens with zero attached hydrogens (tertiary/aromatic N) is 3. The SMILES string of the molecule is CN=C(NCc1nc(-c2ccc(OC)cc2)n[nH]1)NCc1ccccc1Cl. The van der Waals surface area contributed by atoms with E-state index in [0.29, 0.717) is 30.7 Å². The lowest BCUT2D eigenvalue weighted by Gasteiger charge is -2.11. The lowest BCUT2D eigenvalue weighted by molar-refractivity contribution is 0.415. The first-order valence-electron chi connectivity index (χ1n) is 8.43. The molecule has 140 valence electrons. The summed E-state index contributed by atoms with van der Waals surface area (Å²) >= 11 is 6.17. The van der Waals surface area contributed by atoms with Crippen LogP contribution in [0.5, 0.6) is 5.75 Å². The molecule has 0 amide bonds. The summed E-state index contributed by atoms with van der Waals surface area (Å²) in [4.78, 5) is 8.71. The van der Waals surface area contributed by atoms with Gasteiger partial charge in [-0.05, 0) is 35.9 Å². The van der Waals surface area contributed by atoms with E-state index in [9.17, 15) is 0 Å². The summed E-state index contributed by atoms with van der Waals surface area (Å²) < 4.78 is 5.16. The van der Waals surface area contributed by atoms with Crippen LogP contribution >= 0.6 is 11.6 Å². The number of aliphatic imine (C=N–C) groups is 1. The van der Waals surface area contributed by atoms with Crippen LogP contribution in [0.1, 0.15) is 11.4 Å². The van der Waals surface area contributed by atoms with Crippen LogP contribution in [0.3, 0.4) is 0 Å². The Hall–Kier alpha value is -3.06. The Kier molecular flexibility index (Phi) is 6.27. The lowest BCUT2D eigenvalue weighted by Crippen LogP contribution is -2.36. The minimum atomic E-state index is 0.464. The Morgan fingerprint density at radius 3 is 2.56 bits per heavy atom. The third-order valence-electron chi connectivity index (χ3n) is 3.93. The Balaban J connectivity index is 1.55. The van der Waals surface area contributed by atoms with E-state index in [1.165, 1.54) is 0 Å². The lowest BCUT2D eigenvalue weighted by atomic mass is 10.2. The molecule has 1 heterocycles. The summed E-state index contributed by atoms with van der Waals surface area (Å²) in [6.45, 7) is 1.04. The number of ether oxygens (including phenoxy) is 1. The highest BCUT2D eigenvalue weighted by Gasteiger charge is 2.07. The van der Waals surface area contributed by atoms with Crippen molar-refractivity contribution in [1.82, 2.24) is 25.8 Å². The summed E-state index contributed by atoms with van der Waals surface area (Å²) in [6, 6.07) is 15.3. The van der Waals surface area contributed by atoms with Crippen LogP contribution in [0.25, 0.3) is 11.4 Å². The van der Waals surface area contributed by atoms with E-state index in [-0.39, 0.29) is 0 Å². The molecule has 0 atom stereocenters. The van der Waals surface area contributed by atoms with Crippen LogP contribution in [-0.2, 0) is 13.1 Å². The standard InChI is InChI=1S/C19H21ClN6O/c1-21-19(22-11-14-5-3-4-6-16(14)20)23-12-17-24-18(26-25-17)13-7-9-15(27-2)10-8-13/h3-10H,11-12H2,1-2H3,(H2,21,22,23)(H,24,25,26). The number of nitrogens with one attached hydrogen (secondary N) is 3. The Labute approximate surface area is 162 Å². The van der Waals surface area contributed by atoms with Crippen molar-refractivity contribution in [2.75, 3.05) is 14.2 Å². The second-order valence-electron chi connectivity index (χ2n) is 5.70. The monoisotopic (exact) mass is 384 g/mol. The average Bonchev–Trinajstić information content (AvgIpc) is 3.18. The molecule has 1 aromatic heterocycles. The highest BCUT2D eigenvalue weighted by molar-refractivity contribution is 6.31. The topological polar surface area (TPSA) is 87.2 Å². The fraction of sp³-hybridized carbons (Fsp3) is 0.211. The molecule has 0 radical (unpaired) electrons. The van der Waals surface area contributed by atoms with Crippen LogP contribution in [0.4, 0.5) is 0 Å². The number of aromatic amines is 1. The van der Waals surface area contributed by atoms with Crippen LogP contribution in [0, 0.1) is 0 Å². The van der Waals surface area contributed by atoms with Gasteiger partial charge in [-0.15, -0.1) is 0 Å². The maximum Gasteiger partial charge on any atom is 0.191 e. The molecule has 0 saturated carbocycles. The number of halogens is 1. The van der Waals surface area contributed by atoms with E-state index in [4.69, 9.17) is 16.3 Å². The first-order valence-corrected chi connectivity index (χ1v) is 8.81. The normalized spacial score (nSPS) is 11.3. The Morgan fingerprint density at radius 1 is 1.11 bits per heavy atom. The molecule has 0 unspecified atom stereocenters. The molecule has 0 spiro atoms. The van der Waals surface area contributed by atoms with Gasteiger partial charge < -0.3 is 15.4 Å². The van der Waals surface area contributed by atoms with Gasteiger partial charge >= 0.3 is 0 Å². The van der Waals surface area contributed by atoms with Crippen molar-refractivity contribution in [3.8, 4) is 17.1 Å². The van der Waals surface area contributed by atoms with Crippen LogP contribution < -0.4 is 15.4 Å². The van der Waals surface area contributed by atoms with Gasteiger partial charge in [0.2, 0.25) is 0 Å². The number of hydrogen-bond acceptors (Lipinski definition) is 4. The first kappa shape index (κ1) is 18.7. The number of aromatic nitrogens is 3. The van der Waals surface area contributed by atoms with Crippen molar-refractivity contribution < 1.29 is 4.74 Å². The molecule has 0 fully saturated rings. The zero-order valence-corrected chi connectivity index (χ0v) is 15.9. The predicted molar refractivity (Wildman–Crippen MR) is 107 cm³/mol. The molecule has 2 aromatic carbocycles. The number of benzene rings is 2. The maximum atomic E-state index is 6.17. The smallest absolute Gasteiger partial charge is 0.191 e. The second-order valence-corrected chi connectivity index (χ2v) is 6.11. The van der Waals surface area contributed by atoms with Gasteiger partial charge in [-0.25, -0.2) is 4.98 Å². The fourth-order valence-electron chi connectivity index (χ4n) is 2.45. The summed E-state index contributed by atoms with van der Waals surface area (Å²) in [5, 5.41) is 14.3. The van der Waals surface area contributed by atoms with Crippen molar-refractivity contribution in [1.29, 1.82) is 0 Å². The van der Waals surface area contributed by atoms with Crippen molar-refractivity contribution in [2.24, 2.45) is 4.99 Å². The van der Waals surface area contributed by atoms with Gasteiger partial charge in [0.25, 0.3) is 0 Å². The summed E-state index contributed by atoms with van der Waals surface area (Å²) in [6.07, 6.45) is 0. The maximum absolute atomic E-state index is 6.17. The molecule has 0 aliphatic heterocycles. The fourth-order valence-corrected chi connectivity index (χ4v) is 2.65. The third kappa shape index (κ3) is 4.98. The summed E-state index contributed by atoms with van der Waals surface area (Å²) in [5.74, 6) is 2.79. The van der Waals surface area contributed by atoms with E-state index in [0.717, 1.165) is 21.9 Å². The average molecular weight is 385 g/mol. The number of methoxy groups -OCH3 is 1. The highest BCUT2D eigenvalue weighted by Crippen LogP contribution is 2.19. The van der Waals surface area contributed by atoms with Crippen molar-refractivity contribution in [3.05, 3.63) is 64.9 Å². The molecular formula is C19H21ClN6O. The molecule has 0 saturated heterocycles. The minimum Gasteiger partial charge on any atom is -0.497 e. The summed E-state index contributed by atoms with van der Waals surface area (Å²) in [5.41, 5.74) is 1.92. The van der Waals surface area contributed by atoms with E-state index in [1.807, 2.05) is 48.5 Å². The number of hydrogen-bond donors (Lipinski definition) is 3. The molecule has 8 heteroatoms. The van der Waals surface area contributed by atoms with Gasteiger partial charge in [-0.2, -0.15) is 5.10 Å². The van der Waals surface area contributed by atoms with Crippen LogP contribution in [0.2, 0.25) is 5.02 Å². The van der Waals surface area contributed by atoms with Crippen molar-refractivity contribution in [3.63, 3.8) is 0 Å². The van der Waals surface area contributed by atoms with Gasteiger partial charge in [0.05, 0.1) is 13.7 Å². The molecular weight excluding hydrogens is 364 g/mol. The molecule has 3 aromatic rings. The van der Waals surface area contributed by atoms with Gasteiger partial charge in [-0.3, -0.25) is 10.1 Å². The molecule has 7 nitrogen and oxygen atoms in total. The van der Waals surface area contributed by atoms with E-state index in [1.54, 1.807) is 14.2 Å². The first-order chi connectivity index (χ1) is 13.2. The molecule has 3 rings (SSSR count). The molecule has 27 heavy (non-hydrogen) atoms. The zero-order chi connectivity index (χ0) is 19.1. The predicted octanol–water partition coefficient (Wildman–Crippen LogP) is 3.00. The minimum absolute atomic E-state index is 0.464. The number of H-pyrrole nitrogens is 1. The summed E-state index contributed by atoms with van der Waals surface area (Å²) in [7, 11) is 3.35. The van der Waals surface area contributed by atoms with Gasteiger partial charge in [0, 0.05) is 24.2 Å². The van der Waals surface area contributed by atoms with Gasteiger partial charge in [-0.1, -0.05) is 29.8 Å². The van der Waals surface area contributed by atoms with E-state index in [2.05, 4.69) is 30.8 Å². The van der Waals surface area contributed by atoms with Crippen LogP contribution in [0.15, 0.2) is 53.5 Å². The van der Waals surface area contributed by atoms with Gasteiger partial charge in [0.1, 0.15) is 11.6 Å². The zero-order valence-electron chi connectivity index (χ0n) is 15.2. The number of guanidine groups is 1. The quantitative estimate of drug-likeness (QED) is 0.449. The molecule has 0 aliphatic carbocycles. The van der Waals surface area contributed by atoms with Crippen molar-refractivity contribution in [2.45, 2.75) is 13.1 Å². The van der Waals surface area contributed by atoms with Crippen molar-refractivity contribution >= 4 is 17.6 Å². The Bertz CT molecular complexity index is 907.